The molecule has 0 bridgehead atoms. The summed E-state index contributed by atoms with van der Waals surface area (Å²) >= 11 is 0. The van der Waals surface area contributed by atoms with Crippen LogP contribution in [0.4, 0.5) is 11.4 Å². The van der Waals surface area contributed by atoms with Crippen LogP contribution in [0.25, 0.3) is 0 Å². The zero-order valence-corrected chi connectivity index (χ0v) is 10.6. The third kappa shape index (κ3) is 1.49. The van der Waals surface area contributed by atoms with Crippen molar-refractivity contribution in [3.8, 4) is 0 Å². The third-order valence-electron chi connectivity index (χ3n) is 2.93. The number of carbonyl (C=O) groups is 1. The van der Waals surface area contributed by atoms with Crippen LogP contribution in [0.15, 0.2) is 58.3 Å². The summed E-state index contributed by atoms with van der Waals surface area (Å²) in [5.74, 6) is -0.0772. The number of amides is 1. The highest BCUT2D eigenvalue weighted by molar-refractivity contribution is 7.85. The van der Waals surface area contributed by atoms with Crippen molar-refractivity contribution >= 4 is 28.1 Å². The molecule has 2 aromatic rings. The molecule has 3 rings (SSSR count). The fourth-order valence-corrected chi connectivity index (χ4v) is 3.52. The number of anilines is 2. The first kappa shape index (κ1) is 11.2. The number of nitrogens with zero attached hydrogens (tertiary/aromatic N) is 1. The molecule has 0 spiro atoms. The van der Waals surface area contributed by atoms with Gasteiger partial charge in [0.25, 0.3) is 0 Å². The molecule has 4 heteroatoms. The van der Waals surface area contributed by atoms with Gasteiger partial charge in [-0.15, -0.1) is 0 Å². The third-order valence-corrected chi connectivity index (χ3v) is 4.42. The van der Waals surface area contributed by atoms with Crippen molar-refractivity contribution in [1.82, 2.24) is 0 Å². The van der Waals surface area contributed by atoms with Crippen LogP contribution in [0.1, 0.15) is 6.92 Å². The minimum atomic E-state index is -1.22. The smallest absolute Gasteiger partial charge is 0.228 e. The SMILES string of the molecule is CC(=O)N1c2ccccc2S(=O)c2ccccc21. The first-order valence-electron chi connectivity index (χ1n) is 5.60. The van der Waals surface area contributed by atoms with Gasteiger partial charge in [-0.2, -0.15) is 0 Å². The first-order valence-corrected chi connectivity index (χ1v) is 6.75. The number of hydrogen-bond donors (Lipinski definition) is 0. The molecule has 0 unspecified atom stereocenters. The maximum atomic E-state index is 12.4. The highest BCUT2D eigenvalue weighted by atomic mass is 32.2. The van der Waals surface area contributed by atoms with Crippen LogP contribution in [0.2, 0.25) is 0 Å². The van der Waals surface area contributed by atoms with Crippen molar-refractivity contribution in [3.63, 3.8) is 0 Å². The average Bonchev–Trinajstić information content (AvgIpc) is 2.39. The minimum Gasteiger partial charge on any atom is -0.279 e. The normalized spacial score (nSPS) is 13.9. The van der Waals surface area contributed by atoms with Gasteiger partial charge in [-0.05, 0) is 24.3 Å². The second-order valence-electron chi connectivity index (χ2n) is 4.06. The summed E-state index contributed by atoms with van der Waals surface area (Å²) in [5.41, 5.74) is 1.42. The van der Waals surface area contributed by atoms with Crippen LogP contribution >= 0.6 is 0 Å². The molecule has 0 radical (unpaired) electrons. The lowest BCUT2D eigenvalue weighted by Gasteiger charge is -2.29. The van der Waals surface area contributed by atoms with Gasteiger partial charge in [-0.1, -0.05) is 24.3 Å². The maximum Gasteiger partial charge on any atom is 0.228 e. The van der Waals surface area contributed by atoms with Crippen molar-refractivity contribution < 1.29 is 9.00 Å². The van der Waals surface area contributed by atoms with Gasteiger partial charge in [0.2, 0.25) is 5.91 Å². The Kier molecular flexibility index (Phi) is 2.52. The molecule has 18 heavy (non-hydrogen) atoms. The lowest BCUT2D eigenvalue weighted by atomic mass is 10.2. The number of benzene rings is 2. The molecule has 1 aliphatic heterocycles. The van der Waals surface area contributed by atoms with E-state index in [0.717, 1.165) is 0 Å². The number of para-hydroxylation sites is 2. The zero-order valence-electron chi connectivity index (χ0n) is 9.79. The van der Waals surface area contributed by atoms with Gasteiger partial charge in [0, 0.05) is 6.92 Å². The van der Waals surface area contributed by atoms with Crippen molar-refractivity contribution in [3.05, 3.63) is 48.5 Å². The van der Waals surface area contributed by atoms with E-state index in [2.05, 4.69) is 0 Å². The second kappa shape index (κ2) is 4.07. The summed E-state index contributed by atoms with van der Waals surface area (Å²) in [4.78, 5) is 14.8. The minimum absolute atomic E-state index is 0.0772. The van der Waals surface area contributed by atoms with Gasteiger partial charge in [-0.3, -0.25) is 9.69 Å². The van der Waals surface area contributed by atoms with Gasteiger partial charge >= 0.3 is 0 Å². The molecule has 0 aromatic heterocycles. The van der Waals surface area contributed by atoms with Crippen LogP contribution in [0, 0.1) is 0 Å². The van der Waals surface area contributed by atoms with E-state index in [1.807, 2.05) is 36.4 Å². The van der Waals surface area contributed by atoms with Crippen LogP contribution < -0.4 is 4.90 Å². The molecule has 1 aliphatic rings. The highest BCUT2D eigenvalue weighted by Gasteiger charge is 2.29. The van der Waals surface area contributed by atoms with Gasteiger partial charge in [0.15, 0.2) is 0 Å². The quantitative estimate of drug-likeness (QED) is 0.727. The van der Waals surface area contributed by atoms with Gasteiger partial charge < -0.3 is 0 Å². The monoisotopic (exact) mass is 257 g/mol. The average molecular weight is 257 g/mol. The predicted molar refractivity (Wildman–Crippen MR) is 70.4 cm³/mol. The Morgan fingerprint density at radius 3 is 1.83 bits per heavy atom. The van der Waals surface area contributed by atoms with Gasteiger partial charge in [0.1, 0.15) is 0 Å². The molecule has 2 aromatic carbocycles. The van der Waals surface area contributed by atoms with Crippen molar-refractivity contribution in [2.75, 3.05) is 4.90 Å². The van der Waals surface area contributed by atoms with E-state index in [4.69, 9.17) is 0 Å². The second-order valence-corrected chi connectivity index (χ2v) is 5.48. The maximum absolute atomic E-state index is 12.4. The number of fused-ring (bicyclic) bond motifs is 2. The zero-order chi connectivity index (χ0) is 12.7. The summed E-state index contributed by atoms with van der Waals surface area (Å²) in [6.45, 7) is 1.52. The summed E-state index contributed by atoms with van der Waals surface area (Å²) in [7, 11) is -1.22. The molecule has 0 saturated heterocycles. The highest BCUT2D eigenvalue weighted by Crippen LogP contribution is 2.41. The summed E-state index contributed by atoms with van der Waals surface area (Å²) < 4.78 is 12.4. The van der Waals surface area contributed by atoms with Crippen LogP contribution in [-0.2, 0) is 15.6 Å². The van der Waals surface area contributed by atoms with Gasteiger partial charge in [-0.25, -0.2) is 4.21 Å². The van der Waals surface area contributed by atoms with Gasteiger partial charge in [0.05, 0.1) is 32.0 Å². The lowest BCUT2D eigenvalue weighted by molar-refractivity contribution is -0.115. The Bertz CT molecular complexity index is 617. The Balaban J connectivity index is 2.33. The van der Waals surface area contributed by atoms with Crippen molar-refractivity contribution in [2.45, 2.75) is 16.7 Å². The molecule has 1 amide bonds. The molecule has 1 heterocycles. The van der Waals surface area contributed by atoms with E-state index in [0.29, 0.717) is 21.2 Å². The summed E-state index contributed by atoms with van der Waals surface area (Å²) in [6, 6.07) is 14.6. The van der Waals surface area contributed by atoms with E-state index >= 15 is 0 Å². The topological polar surface area (TPSA) is 37.4 Å². The molecular weight excluding hydrogens is 246 g/mol. The molecule has 0 aliphatic carbocycles. The first-order chi connectivity index (χ1) is 8.70. The summed E-state index contributed by atoms with van der Waals surface area (Å²) in [5, 5.41) is 0. The number of carbonyl (C=O) groups excluding carboxylic acids is 1. The molecule has 90 valence electrons. The Hall–Kier alpha value is -1.94. The lowest BCUT2D eigenvalue weighted by Crippen LogP contribution is -2.28. The number of rotatable bonds is 0. The largest absolute Gasteiger partial charge is 0.279 e. The van der Waals surface area contributed by atoms with Crippen molar-refractivity contribution in [1.29, 1.82) is 0 Å². The number of hydrogen-bond acceptors (Lipinski definition) is 2. The predicted octanol–water partition coefficient (Wildman–Crippen LogP) is 2.85. The molecule has 0 fully saturated rings. The molecule has 0 atom stereocenters. The van der Waals surface area contributed by atoms with Crippen LogP contribution in [0.5, 0.6) is 0 Å². The molecule has 3 nitrogen and oxygen atoms in total. The van der Waals surface area contributed by atoms with E-state index in [9.17, 15) is 9.00 Å². The van der Waals surface area contributed by atoms with E-state index < -0.39 is 10.8 Å². The molecule has 0 N–H and O–H groups in total. The van der Waals surface area contributed by atoms with E-state index in [-0.39, 0.29) is 5.91 Å². The van der Waals surface area contributed by atoms with Crippen LogP contribution in [0.3, 0.4) is 0 Å². The summed E-state index contributed by atoms with van der Waals surface area (Å²) in [6.07, 6.45) is 0. The molecular formula is C14H11NO2S. The van der Waals surface area contributed by atoms with Crippen LogP contribution in [-0.4, -0.2) is 10.1 Å². The molecule has 0 saturated carbocycles. The van der Waals surface area contributed by atoms with Crippen molar-refractivity contribution in [2.24, 2.45) is 0 Å². The standard InChI is InChI=1S/C14H11NO2S/c1-10(16)15-11-6-2-4-8-13(11)18(17)14-9-5-3-7-12(14)15/h2-9H,1H3. The fraction of sp³-hybridized carbons (Fsp3) is 0.0714. The fourth-order valence-electron chi connectivity index (χ4n) is 2.18. The van der Waals surface area contributed by atoms with E-state index in [1.165, 1.54) is 6.92 Å². The Labute approximate surface area is 108 Å². The Morgan fingerprint density at radius 1 is 0.944 bits per heavy atom. The van der Waals surface area contributed by atoms with E-state index in [1.54, 1.807) is 17.0 Å². The Morgan fingerprint density at radius 2 is 1.39 bits per heavy atom.